The topological polar surface area (TPSA) is 49.3 Å². The number of benzene rings is 1. The van der Waals surface area contributed by atoms with Gasteiger partial charge in [0.25, 0.3) is 5.91 Å². The lowest BCUT2D eigenvalue weighted by Gasteiger charge is -2.07. The Hall–Kier alpha value is -1.80. The minimum atomic E-state index is -0.182. The first kappa shape index (κ1) is 14.6. The highest BCUT2D eigenvalue weighted by Gasteiger charge is 2.09. The van der Waals surface area contributed by atoms with Crippen molar-refractivity contribution in [3.8, 4) is 11.8 Å². The molecule has 5 heteroatoms. The van der Waals surface area contributed by atoms with E-state index in [0.29, 0.717) is 28.3 Å². The van der Waals surface area contributed by atoms with Gasteiger partial charge in [0.05, 0.1) is 17.9 Å². The van der Waals surface area contributed by atoms with Crippen molar-refractivity contribution in [2.45, 2.75) is 6.42 Å². The molecule has 0 saturated heterocycles. The number of aliphatic hydroxyl groups excluding tert-OH is 1. The summed E-state index contributed by atoms with van der Waals surface area (Å²) in [6.45, 7) is 0.00413. The predicted octanol–water partition coefficient (Wildman–Crippen LogP) is 3.39. The van der Waals surface area contributed by atoms with Crippen LogP contribution in [-0.2, 0) is 0 Å². The lowest BCUT2D eigenvalue weighted by atomic mass is 10.1. The van der Waals surface area contributed by atoms with Crippen LogP contribution in [0.5, 0.6) is 0 Å². The standard InChI is InChI=1S/C15H12ClNO2S/c16-13-4-5-14(11(9-13)3-1-2-7-18)17-15(19)12-6-8-20-10-12/h4-6,8-10,18H,2,7H2,(H,17,19). The van der Waals surface area contributed by atoms with Crippen LogP contribution in [0, 0.1) is 11.8 Å². The van der Waals surface area contributed by atoms with E-state index in [2.05, 4.69) is 17.2 Å². The van der Waals surface area contributed by atoms with E-state index in [4.69, 9.17) is 16.7 Å². The highest BCUT2D eigenvalue weighted by atomic mass is 35.5. The Balaban J connectivity index is 2.23. The van der Waals surface area contributed by atoms with E-state index in [9.17, 15) is 4.79 Å². The molecule has 102 valence electrons. The number of hydrogen-bond donors (Lipinski definition) is 2. The zero-order valence-corrected chi connectivity index (χ0v) is 12.1. The molecule has 1 amide bonds. The van der Waals surface area contributed by atoms with Crippen molar-refractivity contribution in [1.29, 1.82) is 0 Å². The summed E-state index contributed by atoms with van der Waals surface area (Å²) in [6, 6.07) is 6.86. The average Bonchev–Trinajstić information content (AvgIpc) is 2.96. The van der Waals surface area contributed by atoms with Gasteiger partial charge in [-0.25, -0.2) is 0 Å². The molecule has 1 aromatic carbocycles. The molecule has 0 bridgehead atoms. The zero-order valence-electron chi connectivity index (χ0n) is 10.5. The van der Waals surface area contributed by atoms with Gasteiger partial charge >= 0.3 is 0 Å². The second-order valence-corrected chi connectivity index (χ2v) is 5.15. The number of nitrogens with one attached hydrogen (secondary N) is 1. The number of anilines is 1. The molecule has 0 aliphatic rings. The van der Waals surface area contributed by atoms with Crippen LogP contribution in [0.25, 0.3) is 0 Å². The summed E-state index contributed by atoms with van der Waals surface area (Å²) in [5, 5.41) is 15.7. The van der Waals surface area contributed by atoms with Gasteiger partial charge in [0, 0.05) is 22.4 Å². The Morgan fingerprint density at radius 1 is 1.40 bits per heavy atom. The molecular formula is C15H12ClNO2S. The molecule has 0 saturated carbocycles. The summed E-state index contributed by atoms with van der Waals surface area (Å²) in [6.07, 6.45) is 0.379. The molecule has 3 nitrogen and oxygen atoms in total. The number of rotatable bonds is 3. The molecule has 2 aromatic rings. The SMILES string of the molecule is O=C(Nc1ccc(Cl)cc1C#CCCO)c1ccsc1. The zero-order chi connectivity index (χ0) is 14.4. The summed E-state index contributed by atoms with van der Waals surface area (Å²) in [4.78, 5) is 12.0. The van der Waals surface area contributed by atoms with Gasteiger partial charge in [0.2, 0.25) is 0 Å². The molecule has 0 unspecified atom stereocenters. The average molecular weight is 306 g/mol. The van der Waals surface area contributed by atoms with Crippen molar-refractivity contribution in [1.82, 2.24) is 0 Å². The van der Waals surface area contributed by atoms with Gasteiger partial charge < -0.3 is 10.4 Å². The molecule has 0 fully saturated rings. The Morgan fingerprint density at radius 2 is 2.25 bits per heavy atom. The van der Waals surface area contributed by atoms with Gasteiger partial charge in [0.15, 0.2) is 0 Å². The van der Waals surface area contributed by atoms with Gasteiger partial charge in [-0.3, -0.25) is 4.79 Å². The van der Waals surface area contributed by atoms with Crippen LogP contribution < -0.4 is 5.32 Å². The lowest BCUT2D eigenvalue weighted by Crippen LogP contribution is -2.11. The van der Waals surface area contributed by atoms with E-state index in [1.165, 1.54) is 11.3 Å². The fourth-order valence-electron chi connectivity index (χ4n) is 1.53. The van der Waals surface area contributed by atoms with E-state index in [0.717, 1.165) is 0 Å². The molecule has 2 N–H and O–H groups in total. The highest BCUT2D eigenvalue weighted by molar-refractivity contribution is 7.08. The fourth-order valence-corrected chi connectivity index (χ4v) is 2.34. The van der Waals surface area contributed by atoms with Crippen molar-refractivity contribution < 1.29 is 9.90 Å². The largest absolute Gasteiger partial charge is 0.395 e. The lowest BCUT2D eigenvalue weighted by molar-refractivity contribution is 0.102. The minimum Gasteiger partial charge on any atom is -0.395 e. The second kappa shape index (κ2) is 7.11. The van der Waals surface area contributed by atoms with Crippen LogP contribution in [0.2, 0.25) is 5.02 Å². The monoisotopic (exact) mass is 305 g/mol. The number of thiophene rings is 1. The van der Waals surface area contributed by atoms with Crippen molar-refractivity contribution in [2.24, 2.45) is 0 Å². The molecule has 0 atom stereocenters. The second-order valence-electron chi connectivity index (χ2n) is 3.93. The normalized spacial score (nSPS) is 9.70. The number of carbonyl (C=O) groups excluding carboxylic acids is 1. The minimum absolute atomic E-state index is 0.00413. The van der Waals surface area contributed by atoms with E-state index in [1.54, 1.807) is 29.6 Å². The number of aliphatic hydroxyl groups is 1. The van der Waals surface area contributed by atoms with E-state index in [1.807, 2.05) is 5.38 Å². The number of halogens is 1. The van der Waals surface area contributed by atoms with Gasteiger partial charge in [-0.15, -0.1) is 0 Å². The summed E-state index contributed by atoms with van der Waals surface area (Å²) < 4.78 is 0. The van der Waals surface area contributed by atoms with Gasteiger partial charge in [0.1, 0.15) is 0 Å². The smallest absolute Gasteiger partial charge is 0.256 e. The first-order valence-electron chi connectivity index (χ1n) is 5.93. The molecule has 0 aliphatic carbocycles. The molecule has 1 aromatic heterocycles. The van der Waals surface area contributed by atoms with Crippen LogP contribution in [0.4, 0.5) is 5.69 Å². The first-order chi connectivity index (χ1) is 9.70. The Labute approximate surface area is 126 Å². The quantitative estimate of drug-likeness (QED) is 0.854. The van der Waals surface area contributed by atoms with E-state index < -0.39 is 0 Å². The molecule has 0 aliphatic heterocycles. The Morgan fingerprint density at radius 3 is 2.95 bits per heavy atom. The van der Waals surface area contributed by atoms with Crippen molar-refractivity contribution in [2.75, 3.05) is 11.9 Å². The Bertz CT molecular complexity index is 656. The summed E-state index contributed by atoms with van der Waals surface area (Å²) in [7, 11) is 0. The third-order valence-corrected chi connectivity index (χ3v) is 3.39. The van der Waals surface area contributed by atoms with Crippen molar-refractivity contribution in [3.05, 3.63) is 51.2 Å². The highest BCUT2D eigenvalue weighted by Crippen LogP contribution is 2.21. The van der Waals surface area contributed by atoms with Gasteiger partial charge in [-0.05, 0) is 29.6 Å². The van der Waals surface area contributed by atoms with Gasteiger partial charge in [-0.1, -0.05) is 23.4 Å². The van der Waals surface area contributed by atoms with Gasteiger partial charge in [-0.2, -0.15) is 11.3 Å². The summed E-state index contributed by atoms with van der Waals surface area (Å²) >= 11 is 7.40. The molecular weight excluding hydrogens is 294 g/mol. The van der Waals surface area contributed by atoms with Crippen LogP contribution in [0.15, 0.2) is 35.0 Å². The number of carbonyl (C=O) groups is 1. The van der Waals surface area contributed by atoms with Crippen LogP contribution >= 0.6 is 22.9 Å². The van der Waals surface area contributed by atoms with E-state index >= 15 is 0 Å². The Kier molecular flexibility index (Phi) is 5.19. The maximum absolute atomic E-state index is 12.0. The number of hydrogen-bond acceptors (Lipinski definition) is 3. The van der Waals surface area contributed by atoms with Crippen LogP contribution in [0.1, 0.15) is 22.3 Å². The van der Waals surface area contributed by atoms with Crippen molar-refractivity contribution >= 4 is 34.5 Å². The molecule has 0 radical (unpaired) electrons. The maximum atomic E-state index is 12.0. The third-order valence-electron chi connectivity index (χ3n) is 2.47. The summed E-state index contributed by atoms with van der Waals surface area (Å²) in [5.41, 5.74) is 1.85. The van der Waals surface area contributed by atoms with Crippen LogP contribution in [-0.4, -0.2) is 17.6 Å². The molecule has 20 heavy (non-hydrogen) atoms. The molecule has 1 heterocycles. The first-order valence-corrected chi connectivity index (χ1v) is 7.25. The third kappa shape index (κ3) is 3.84. The predicted molar refractivity (Wildman–Crippen MR) is 82.3 cm³/mol. The van der Waals surface area contributed by atoms with Crippen molar-refractivity contribution in [3.63, 3.8) is 0 Å². The van der Waals surface area contributed by atoms with E-state index in [-0.39, 0.29) is 12.5 Å². The molecule has 2 rings (SSSR count). The summed E-state index contributed by atoms with van der Waals surface area (Å²) in [5.74, 6) is 5.54. The fraction of sp³-hybridized carbons (Fsp3) is 0.133. The molecule has 0 spiro atoms. The maximum Gasteiger partial charge on any atom is 0.256 e. The number of amides is 1. The van der Waals surface area contributed by atoms with Crippen LogP contribution in [0.3, 0.4) is 0 Å².